The minimum Gasteiger partial charge on any atom is -0.395 e. The zero-order chi connectivity index (χ0) is 14.6. The third-order valence-corrected chi connectivity index (χ3v) is 3.76. The Morgan fingerprint density at radius 2 is 1.90 bits per heavy atom. The third-order valence-electron chi connectivity index (χ3n) is 3.76. The minimum atomic E-state index is -0.643. The minimum absolute atomic E-state index is 0.110. The van der Waals surface area contributed by atoms with Gasteiger partial charge in [-0.15, -0.1) is 0 Å². The van der Waals surface area contributed by atoms with Crippen LogP contribution in [-0.2, 0) is 11.8 Å². The molecule has 1 atom stereocenters. The Morgan fingerprint density at radius 3 is 2.50 bits per heavy atom. The fraction of sp³-hybridized carbons (Fsp3) is 0.294. The molecule has 0 aliphatic rings. The summed E-state index contributed by atoms with van der Waals surface area (Å²) in [6.07, 6.45) is 0.588. The molecule has 0 amide bonds. The van der Waals surface area contributed by atoms with Crippen LogP contribution in [0.5, 0.6) is 0 Å². The van der Waals surface area contributed by atoms with Gasteiger partial charge in [0.2, 0.25) is 0 Å². The number of benzene rings is 2. The van der Waals surface area contributed by atoms with Gasteiger partial charge >= 0.3 is 0 Å². The molecule has 0 aliphatic heterocycles. The highest BCUT2D eigenvalue weighted by Crippen LogP contribution is 2.28. The monoisotopic (exact) mass is 273 g/mol. The number of aryl methyl sites for hydroxylation is 1. The topological polar surface area (TPSA) is 46.2 Å². The third kappa shape index (κ3) is 3.06. The largest absolute Gasteiger partial charge is 0.395 e. The zero-order valence-corrected chi connectivity index (χ0v) is 11.6. The molecule has 2 aromatic rings. The van der Waals surface area contributed by atoms with Crippen LogP contribution in [0, 0.1) is 12.7 Å². The summed E-state index contributed by atoms with van der Waals surface area (Å²) in [7, 11) is 0. The molecule has 0 fully saturated rings. The van der Waals surface area contributed by atoms with Crippen molar-refractivity contribution in [1.29, 1.82) is 0 Å². The number of hydrogen-bond acceptors (Lipinski definition) is 2. The Hall–Kier alpha value is -1.71. The second-order valence-electron chi connectivity index (χ2n) is 5.32. The van der Waals surface area contributed by atoms with Gasteiger partial charge in [0.25, 0.3) is 0 Å². The first-order valence-corrected chi connectivity index (χ1v) is 6.72. The maximum Gasteiger partial charge on any atom is 0.123 e. The molecular formula is C17H20FNO. The number of aliphatic hydroxyl groups is 1. The molecule has 2 aromatic carbocycles. The van der Waals surface area contributed by atoms with Crippen molar-refractivity contribution in [3.8, 4) is 0 Å². The molecule has 0 bridgehead atoms. The summed E-state index contributed by atoms with van der Waals surface area (Å²) in [5.74, 6) is -0.307. The number of halogens is 1. The van der Waals surface area contributed by atoms with E-state index in [4.69, 9.17) is 5.73 Å². The first kappa shape index (κ1) is 14.7. The molecule has 20 heavy (non-hydrogen) atoms. The second-order valence-corrected chi connectivity index (χ2v) is 5.32. The van der Waals surface area contributed by atoms with Crippen molar-refractivity contribution >= 4 is 0 Å². The van der Waals surface area contributed by atoms with E-state index in [0.29, 0.717) is 6.42 Å². The quantitative estimate of drug-likeness (QED) is 0.879. The van der Waals surface area contributed by atoms with E-state index >= 15 is 0 Å². The van der Waals surface area contributed by atoms with E-state index in [1.165, 1.54) is 12.1 Å². The van der Waals surface area contributed by atoms with Crippen LogP contribution in [0.2, 0.25) is 0 Å². The summed E-state index contributed by atoms with van der Waals surface area (Å²) in [6, 6.07) is 14.4. The van der Waals surface area contributed by atoms with Gasteiger partial charge in [0, 0.05) is 12.0 Å². The highest BCUT2D eigenvalue weighted by atomic mass is 19.1. The summed E-state index contributed by atoms with van der Waals surface area (Å²) >= 11 is 0. The Kier molecular flexibility index (Phi) is 4.53. The molecule has 0 radical (unpaired) electrons. The van der Waals surface area contributed by atoms with Crippen molar-refractivity contribution in [3.05, 3.63) is 71.0 Å². The van der Waals surface area contributed by atoms with Crippen LogP contribution < -0.4 is 5.73 Å². The Balaban J connectivity index is 2.39. The van der Waals surface area contributed by atoms with Crippen molar-refractivity contribution in [2.45, 2.75) is 18.8 Å². The lowest BCUT2D eigenvalue weighted by atomic mass is 9.76. The molecule has 1 unspecified atom stereocenters. The van der Waals surface area contributed by atoms with E-state index in [-0.39, 0.29) is 19.0 Å². The average molecular weight is 273 g/mol. The maximum atomic E-state index is 13.5. The SMILES string of the molecule is Cc1cccc(CC(CN)(CO)c2cccc(F)c2)c1. The number of hydrogen-bond donors (Lipinski definition) is 2. The first-order valence-electron chi connectivity index (χ1n) is 6.72. The lowest BCUT2D eigenvalue weighted by molar-refractivity contribution is 0.195. The molecule has 0 saturated heterocycles. The lowest BCUT2D eigenvalue weighted by Gasteiger charge is -2.31. The molecule has 0 aromatic heterocycles. The van der Waals surface area contributed by atoms with Crippen LogP contribution in [0.3, 0.4) is 0 Å². The van der Waals surface area contributed by atoms with Gasteiger partial charge in [-0.3, -0.25) is 0 Å². The summed E-state index contributed by atoms with van der Waals surface area (Å²) in [5.41, 5.74) is 8.25. The molecule has 3 heteroatoms. The zero-order valence-electron chi connectivity index (χ0n) is 11.6. The predicted molar refractivity (Wildman–Crippen MR) is 79.1 cm³/mol. The van der Waals surface area contributed by atoms with E-state index in [1.54, 1.807) is 6.07 Å². The van der Waals surface area contributed by atoms with E-state index in [0.717, 1.165) is 16.7 Å². The van der Waals surface area contributed by atoms with Crippen molar-refractivity contribution in [3.63, 3.8) is 0 Å². The van der Waals surface area contributed by atoms with E-state index in [2.05, 4.69) is 6.07 Å². The van der Waals surface area contributed by atoms with E-state index in [9.17, 15) is 9.50 Å². The molecular weight excluding hydrogens is 253 g/mol. The summed E-state index contributed by atoms with van der Waals surface area (Å²) in [5, 5.41) is 9.85. The van der Waals surface area contributed by atoms with Gasteiger partial charge in [-0.2, -0.15) is 0 Å². The standard InChI is InChI=1S/C17H20FNO/c1-13-4-2-5-14(8-13)10-17(11-19,12-20)15-6-3-7-16(18)9-15/h2-9,20H,10-12,19H2,1H3. The van der Waals surface area contributed by atoms with Crippen molar-refractivity contribution in [2.75, 3.05) is 13.2 Å². The molecule has 2 rings (SSSR count). The molecule has 0 spiro atoms. The number of rotatable bonds is 5. The molecule has 0 aliphatic carbocycles. The Labute approximate surface area is 119 Å². The fourth-order valence-electron chi connectivity index (χ4n) is 2.54. The van der Waals surface area contributed by atoms with Crippen molar-refractivity contribution in [1.82, 2.24) is 0 Å². The van der Waals surface area contributed by atoms with Crippen molar-refractivity contribution < 1.29 is 9.50 Å². The van der Waals surface area contributed by atoms with Crippen molar-refractivity contribution in [2.24, 2.45) is 5.73 Å². The Bertz CT molecular complexity index is 579. The van der Waals surface area contributed by atoms with Gasteiger partial charge in [-0.05, 0) is 36.6 Å². The van der Waals surface area contributed by atoms with Crippen LogP contribution in [-0.4, -0.2) is 18.3 Å². The van der Waals surface area contributed by atoms with Gasteiger partial charge in [-0.25, -0.2) is 4.39 Å². The smallest absolute Gasteiger partial charge is 0.123 e. The van der Waals surface area contributed by atoms with E-state index < -0.39 is 5.41 Å². The highest BCUT2D eigenvalue weighted by Gasteiger charge is 2.30. The Morgan fingerprint density at radius 1 is 1.15 bits per heavy atom. The molecule has 2 nitrogen and oxygen atoms in total. The molecule has 0 saturated carbocycles. The molecule has 0 heterocycles. The summed E-state index contributed by atoms with van der Waals surface area (Å²) < 4.78 is 13.5. The summed E-state index contributed by atoms with van der Waals surface area (Å²) in [6.45, 7) is 2.18. The summed E-state index contributed by atoms with van der Waals surface area (Å²) in [4.78, 5) is 0. The number of aliphatic hydroxyl groups excluding tert-OH is 1. The molecule has 106 valence electrons. The van der Waals surface area contributed by atoms with Gasteiger partial charge in [0.1, 0.15) is 5.82 Å². The molecule has 3 N–H and O–H groups in total. The average Bonchev–Trinajstić information content (AvgIpc) is 2.45. The van der Waals surface area contributed by atoms with Gasteiger partial charge < -0.3 is 10.8 Å². The van der Waals surface area contributed by atoms with Crippen LogP contribution in [0.25, 0.3) is 0 Å². The maximum absolute atomic E-state index is 13.5. The lowest BCUT2D eigenvalue weighted by Crippen LogP contribution is -2.41. The second kappa shape index (κ2) is 6.16. The van der Waals surface area contributed by atoms with Crippen LogP contribution in [0.4, 0.5) is 4.39 Å². The fourth-order valence-corrected chi connectivity index (χ4v) is 2.54. The predicted octanol–water partition coefficient (Wildman–Crippen LogP) is 2.57. The van der Waals surface area contributed by atoms with Gasteiger partial charge in [0.05, 0.1) is 6.61 Å². The number of nitrogens with two attached hydrogens (primary N) is 1. The van der Waals surface area contributed by atoms with E-state index in [1.807, 2.05) is 31.2 Å². The first-order chi connectivity index (χ1) is 9.59. The normalized spacial score (nSPS) is 14.0. The van der Waals surface area contributed by atoms with Crippen LogP contribution in [0.1, 0.15) is 16.7 Å². The highest BCUT2D eigenvalue weighted by molar-refractivity contribution is 5.32. The van der Waals surface area contributed by atoms with Crippen LogP contribution >= 0.6 is 0 Å². The van der Waals surface area contributed by atoms with Gasteiger partial charge in [-0.1, -0.05) is 42.0 Å². The van der Waals surface area contributed by atoms with Crippen LogP contribution in [0.15, 0.2) is 48.5 Å². The van der Waals surface area contributed by atoms with Gasteiger partial charge in [0.15, 0.2) is 0 Å².